The number of nitrogens with zero attached hydrogens (tertiary/aromatic N) is 2. The van der Waals surface area contributed by atoms with Crippen molar-refractivity contribution in [3.63, 3.8) is 0 Å². The zero-order valence-corrected chi connectivity index (χ0v) is 16.0. The summed E-state index contributed by atoms with van der Waals surface area (Å²) in [6.07, 6.45) is 2.11. The molecule has 1 saturated heterocycles. The summed E-state index contributed by atoms with van der Waals surface area (Å²) in [5.74, 6) is 0.0816. The Morgan fingerprint density at radius 1 is 1.14 bits per heavy atom. The average molecular weight is 412 g/mol. The fraction of sp³-hybridized carbons (Fsp3) is 0.200. The Kier molecular flexibility index (Phi) is 4.21. The quantitative estimate of drug-likeness (QED) is 0.532. The number of nitrogens with one attached hydrogen (secondary N) is 2. The number of ether oxygens (including phenoxy) is 1. The third kappa shape index (κ3) is 3.12. The molecule has 0 bridgehead atoms. The molecule has 2 aromatic carbocycles. The highest BCUT2D eigenvalue weighted by atomic mass is 32.2. The Balaban J connectivity index is 1.59. The number of hydrogen-bond acceptors (Lipinski definition) is 6. The third-order valence-electron chi connectivity index (χ3n) is 5.15. The molecule has 2 N–H and O–H groups in total. The van der Waals surface area contributed by atoms with Crippen molar-refractivity contribution in [3.05, 3.63) is 54.5 Å². The van der Waals surface area contributed by atoms with E-state index in [1.165, 1.54) is 12.1 Å². The average Bonchev–Trinajstić information content (AvgIpc) is 3.39. The lowest BCUT2D eigenvalue weighted by atomic mass is 10.2. The van der Waals surface area contributed by atoms with Gasteiger partial charge in [0.15, 0.2) is 15.7 Å². The summed E-state index contributed by atoms with van der Waals surface area (Å²) in [6, 6.07) is 11.0. The van der Waals surface area contributed by atoms with E-state index < -0.39 is 15.1 Å². The van der Waals surface area contributed by atoms with Gasteiger partial charge in [0.25, 0.3) is 0 Å². The van der Waals surface area contributed by atoms with Crippen LogP contribution in [-0.4, -0.2) is 42.1 Å². The van der Waals surface area contributed by atoms with Gasteiger partial charge in [0, 0.05) is 23.6 Å². The van der Waals surface area contributed by atoms with Crippen molar-refractivity contribution in [3.8, 4) is 0 Å². The molecule has 0 amide bonds. The summed E-state index contributed by atoms with van der Waals surface area (Å²) < 4.78 is 44.8. The van der Waals surface area contributed by atoms with Gasteiger partial charge in [-0.25, -0.2) is 12.8 Å². The first kappa shape index (κ1) is 18.0. The Hall–Kier alpha value is -3.04. The fourth-order valence-corrected chi connectivity index (χ4v) is 5.18. The Labute approximate surface area is 165 Å². The van der Waals surface area contributed by atoms with Crippen LogP contribution in [0, 0.1) is 5.82 Å². The predicted molar refractivity (Wildman–Crippen MR) is 107 cm³/mol. The molecular formula is C20H17FN4O3S. The first-order valence-corrected chi connectivity index (χ1v) is 10.7. The number of halogens is 1. The van der Waals surface area contributed by atoms with Gasteiger partial charge in [-0.05, 0) is 48.9 Å². The van der Waals surface area contributed by atoms with Gasteiger partial charge in [0.1, 0.15) is 5.82 Å². The number of fused-ring (bicyclic) bond motifs is 2. The highest BCUT2D eigenvalue weighted by molar-refractivity contribution is 7.92. The van der Waals surface area contributed by atoms with Gasteiger partial charge in [-0.15, -0.1) is 0 Å². The fourth-order valence-electron chi connectivity index (χ4n) is 3.57. The molecule has 0 aliphatic carbocycles. The molecule has 1 aliphatic rings. The van der Waals surface area contributed by atoms with Crippen molar-refractivity contribution in [1.82, 2.24) is 15.2 Å². The van der Waals surface area contributed by atoms with Crippen LogP contribution in [0.1, 0.15) is 6.42 Å². The number of aromatic amines is 1. The molecule has 2 aromatic heterocycles. The summed E-state index contributed by atoms with van der Waals surface area (Å²) in [5.41, 5.74) is 1.96. The molecule has 0 radical (unpaired) electrons. The number of benzene rings is 2. The summed E-state index contributed by atoms with van der Waals surface area (Å²) >= 11 is 0. The van der Waals surface area contributed by atoms with Gasteiger partial charge < -0.3 is 10.1 Å². The van der Waals surface area contributed by atoms with Crippen LogP contribution in [0.4, 0.5) is 15.9 Å². The molecule has 4 aromatic rings. The largest absolute Gasteiger partial charge is 0.380 e. The number of anilines is 2. The van der Waals surface area contributed by atoms with Gasteiger partial charge >= 0.3 is 0 Å². The molecule has 7 nitrogen and oxygen atoms in total. The number of hydrogen-bond donors (Lipinski definition) is 2. The van der Waals surface area contributed by atoms with Crippen LogP contribution in [0.2, 0.25) is 0 Å². The van der Waals surface area contributed by atoms with E-state index in [2.05, 4.69) is 20.5 Å². The van der Waals surface area contributed by atoms with Crippen LogP contribution in [0.3, 0.4) is 0 Å². The smallest absolute Gasteiger partial charge is 0.183 e. The second kappa shape index (κ2) is 6.78. The van der Waals surface area contributed by atoms with Crippen LogP contribution in [0.5, 0.6) is 0 Å². The lowest BCUT2D eigenvalue weighted by Gasteiger charge is -2.12. The Morgan fingerprint density at radius 2 is 2.03 bits per heavy atom. The summed E-state index contributed by atoms with van der Waals surface area (Å²) in [5, 5.41) is 10.9. The number of H-pyrrole nitrogens is 1. The molecule has 148 valence electrons. The molecule has 1 aliphatic heterocycles. The molecule has 1 unspecified atom stereocenters. The second-order valence-corrected chi connectivity index (χ2v) is 9.18. The van der Waals surface area contributed by atoms with Gasteiger partial charge in [0.2, 0.25) is 0 Å². The minimum Gasteiger partial charge on any atom is -0.380 e. The van der Waals surface area contributed by atoms with Crippen molar-refractivity contribution in [1.29, 1.82) is 0 Å². The van der Waals surface area contributed by atoms with Crippen LogP contribution in [0.25, 0.3) is 21.8 Å². The van der Waals surface area contributed by atoms with Crippen molar-refractivity contribution in [2.75, 3.05) is 18.5 Å². The first-order valence-electron chi connectivity index (χ1n) is 9.13. The van der Waals surface area contributed by atoms with Crippen molar-refractivity contribution in [2.24, 2.45) is 0 Å². The normalized spacial score (nSPS) is 17.2. The molecule has 5 rings (SSSR count). The summed E-state index contributed by atoms with van der Waals surface area (Å²) in [4.78, 5) is 4.55. The van der Waals surface area contributed by atoms with E-state index in [1.54, 1.807) is 36.5 Å². The zero-order chi connectivity index (χ0) is 20.0. The number of sulfone groups is 1. The van der Waals surface area contributed by atoms with Gasteiger partial charge in [-0.3, -0.25) is 10.1 Å². The van der Waals surface area contributed by atoms with Gasteiger partial charge in [-0.2, -0.15) is 5.10 Å². The third-order valence-corrected chi connectivity index (χ3v) is 7.31. The second-order valence-electron chi connectivity index (χ2n) is 6.96. The SMILES string of the molecule is O=S(=O)(c1ccc2nccc(Nc3n[nH]c4ccc(F)cc34)c2c1)C1CCOC1. The topological polar surface area (TPSA) is 97.0 Å². The maximum absolute atomic E-state index is 13.7. The van der Waals surface area contributed by atoms with E-state index in [-0.39, 0.29) is 17.3 Å². The summed E-state index contributed by atoms with van der Waals surface area (Å²) in [7, 11) is -3.50. The minimum absolute atomic E-state index is 0.212. The number of aromatic nitrogens is 3. The maximum Gasteiger partial charge on any atom is 0.183 e. The van der Waals surface area contributed by atoms with E-state index in [1.807, 2.05) is 0 Å². The molecular weight excluding hydrogens is 395 g/mol. The standard InChI is InChI=1S/C20H17FN4O3S/c21-12-1-3-19-16(9-12)20(25-24-19)23-18-5-7-22-17-4-2-13(10-15(17)18)29(26,27)14-6-8-28-11-14/h1-5,7,9-10,14H,6,8,11H2,(H2,22,23,24,25). The van der Waals surface area contributed by atoms with Crippen molar-refractivity contribution in [2.45, 2.75) is 16.6 Å². The maximum atomic E-state index is 13.7. The zero-order valence-electron chi connectivity index (χ0n) is 15.2. The minimum atomic E-state index is -3.50. The summed E-state index contributed by atoms with van der Waals surface area (Å²) in [6.45, 7) is 0.665. The molecule has 1 fully saturated rings. The predicted octanol–water partition coefficient (Wildman–Crippen LogP) is 3.56. The highest BCUT2D eigenvalue weighted by Gasteiger charge is 2.31. The van der Waals surface area contributed by atoms with E-state index in [0.29, 0.717) is 46.3 Å². The lowest BCUT2D eigenvalue weighted by molar-refractivity contribution is 0.198. The Bertz CT molecular complexity index is 1330. The van der Waals surface area contributed by atoms with E-state index in [4.69, 9.17) is 4.74 Å². The molecule has 0 spiro atoms. The molecule has 9 heteroatoms. The van der Waals surface area contributed by atoms with Gasteiger partial charge in [-0.1, -0.05) is 0 Å². The van der Waals surface area contributed by atoms with Crippen molar-refractivity contribution < 1.29 is 17.5 Å². The first-order chi connectivity index (χ1) is 14.0. The molecule has 3 heterocycles. The van der Waals surface area contributed by atoms with E-state index in [9.17, 15) is 12.8 Å². The number of pyridine rings is 1. The van der Waals surface area contributed by atoms with Gasteiger partial charge in [0.05, 0.1) is 33.5 Å². The van der Waals surface area contributed by atoms with Crippen LogP contribution in [-0.2, 0) is 14.6 Å². The Morgan fingerprint density at radius 3 is 2.86 bits per heavy atom. The molecule has 29 heavy (non-hydrogen) atoms. The van der Waals surface area contributed by atoms with E-state index in [0.717, 1.165) is 0 Å². The monoisotopic (exact) mass is 412 g/mol. The highest BCUT2D eigenvalue weighted by Crippen LogP contribution is 2.31. The lowest BCUT2D eigenvalue weighted by Crippen LogP contribution is -2.21. The van der Waals surface area contributed by atoms with Crippen LogP contribution >= 0.6 is 0 Å². The number of rotatable bonds is 4. The van der Waals surface area contributed by atoms with Crippen molar-refractivity contribution >= 4 is 43.1 Å². The molecule has 0 saturated carbocycles. The van der Waals surface area contributed by atoms with E-state index >= 15 is 0 Å². The van der Waals surface area contributed by atoms with Crippen LogP contribution in [0.15, 0.2) is 53.6 Å². The molecule has 1 atom stereocenters. The van der Waals surface area contributed by atoms with Crippen LogP contribution < -0.4 is 5.32 Å².